The average Bonchev–Trinajstić information content (AvgIpc) is 3.20. The van der Waals surface area contributed by atoms with E-state index in [1.165, 1.54) is 89.9 Å². The van der Waals surface area contributed by atoms with E-state index in [1.54, 1.807) is 0 Å². The van der Waals surface area contributed by atoms with Crippen LogP contribution in [0.5, 0.6) is 0 Å². The van der Waals surface area contributed by atoms with E-state index in [-0.39, 0.29) is 13.2 Å². The highest BCUT2D eigenvalue weighted by atomic mass is 16.5. The van der Waals surface area contributed by atoms with Gasteiger partial charge in [0.05, 0.1) is 36.9 Å². The number of carboxylic acid groups (broad SMARTS) is 2. The van der Waals surface area contributed by atoms with Gasteiger partial charge in [-0.05, 0) is 120 Å². The number of ether oxygens (including phenoxy) is 2. The summed E-state index contributed by atoms with van der Waals surface area (Å²) in [6.07, 6.45) is 26.2. The Morgan fingerprint density at radius 3 is 1.11 bits per heavy atom. The predicted octanol–water partition coefficient (Wildman–Crippen LogP) is 13.3. The van der Waals surface area contributed by atoms with Crippen molar-refractivity contribution in [2.75, 3.05) is 27.3 Å². The van der Waals surface area contributed by atoms with Gasteiger partial charge in [-0.25, -0.2) is 0 Å². The topological polar surface area (TPSA) is 134 Å². The van der Waals surface area contributed by atoms with Crippen LogP contribution in [0.2, 0.25) is 0 Å². The minimum absolute atomic E-state index is 0.0877. The second-order valence-corrected chi connectivity index (χ2v) is 22.9. The summed E-state index contributed by atoms with van der Waals surface area (Å²) in [5.74, 6) is -8.35. The molecule has 374 valence electrons. The van der Waals surface area contributed by atoms with Crippen LogP contribution in [0.25, 0.3) is 0 Å². The lowest BCUT2D eigenvalue weighted by molar-refractivity contribution is -0.206. The zero-order valence-corrected chi connectivity index (χ0v) is 43.6. The largest absolute Gasteiger partial charge is 0.481 e. The third-order valence-electron chi connectivity index (χ3n) is 16.2. The fraction of sp³-hybridized carbons (Fsp3) is 0.926. The summed E-state index contributed by atoms with van der Waals surface area (Å²) >= 11 is 0. The number of aliphatic carboxylic acids is 2. The molecule has 10 nitrogen and oxygen atoms in total. The maximum Gasteiger partial charge on any atom is 0.313 e. The number of hydrogen-bond acceptors (Lipinski definition) is 8. The summed E-state index contributed by atoms with van der Waals surface area (Å²) in [5, 5.41) is 21.5. The molecule has 2 aliphatic rings. The Balaban J connectivity index is 2.62. The Bertz CT molecular complexity index is 1310. The number of esters is 2. The minimum Gasteiger partial charge on any atom is -0.481 e. The molecule has 0 saturated carbocycles. The lowest BCUT2D eigenvalue weighted by Crippen LogP contribution is -2.69. The summed E-state index contributed by atoms with van der Waals surface area (Å²) < 4.78 is 12.7. The molecular weight excluding hydrogens is 805 g/mol. The Kier molecular flexibility index (Phi) is 25.0. The quantitative estimate of drug-likeness (QED) is 0.0484. The molecule has 64 heavy (non-hydrogen) atoms. The molecule has 0 bridgehead atoms. The lowest BCUT2D eigenvalue weighted by Gasteiger charge is -2.63. The minimum atomic E-state index is -1.70. The van der Waals surface area contributed by atoms with Gasteiger partial charge >= 0.3 is 23.9 Å². The highest BCUT2D eigenvalue weighted by molar-refractivity contribution is 5.91. The molecule has 2 saturated heterocycles. The number of carbonyl (C=O) groups is 4. The van der Waals surface area contributed by atoms with Crippen molar-refractivity contribution < 1.29 is 38.9 Å². The Hall–Kier alpha value is -2.20. The molecule has 0 aromatic heterocycles. The van der Waals surface area contributed by atoms with Crippen LogP contribution >= 0.6 is 0 Å². The van der Waals surface area contributed by atoms with Crippen molar-refractivity contribution in [3.63, 3.8) is 0 Å². The second kappa shape index (κ2) is 27.6. The van der Waals surface area contributed by atoms with E-state index in [4.69, 9.17) is 9.47 Å². The van der Waals surface area contributed by atoms with Gasteiger partial charge in [0.1, 0.15) is 0 Å². The molecule has 2 unspecified atom stereocenters. The van der Waals surface area contributed by atoms with Crippen LogP contribution in [0.3, 0.4) is 0 Å². The predicted molar refractivity (Wildman–Crippen MR) is 261 cm³/mol. The number of carbonyl (C=O) groups excluding carboxylic acids is 2. The van der Waals surface area contributed by atoms with E-state index in [9.17, 15) is 19.8 Å². The van der Waals surface area contributed by atoms with Crippen molar-refractivity contribution in [1.29, 1.82) is 0 Å². The summed E-state index contributed by atoms with van der Waals surface area (Å²) in [5.41, 5.74) is -3.46. The maximum atomic E-state index is 15.9. The smallest absolute Gasteiger partial charge is 0.313 e. The Morgan fingerprint density at radius 1 is 0.516 bits per heavy atom. The first-order chi connectivity index (χ1) is 30.0. The van der Waals surface area contributed by atoms with Crippen molar-refractivity contribution in [1.82, 2.24) is 9.80 Å². The van der Waals surface area contributed by atoms with Crippen LogP contribution in [-0.4, -0.2) is 93.4 Å². The van der Waals surface area contributed by atoms with Gasteiger partial charge in [-0.1, -0.05) is 142 Å². The van der Waals surface area contributed by atoms with E-state index in [1.807, 2.05) is 0 Å². The molecule has 0 amide bonds. The first kappa shape index (κ1) is 57.9. The fourth-order valence-electron chi connectivity index (χ4n) is 12.0. The number of nitrogens with zero attached hydrogens (tertiary/aromatic N) is 2. The van der Waals surface area contributed by atoms with Gasteiger partial charge in [-0.2, -0.15) is 0 Å². The molecule has 0 aromatic rings. The molecule has 10 heteroatoms. The first-order valence-corrected chi connectivity index (χ1v) is 26.3. The number of rotatable bonds is 33. The van der Waals surface area contributed by atoms with Gasteiger partial charge in [0.15, 0.2) is 0 Å². The van der Waals surface area contributed by atoms with Crippen LogP contribution in [0.4, 0.5) is 0 Å². The number of likely N-dealkylation sites (tertiary alicyclic amines) is 2. The van der Waals surface area contributed by atoms with Gasteiger partial charge in [-0.15, -0.1) is 0 Å². The molecule has 2 rings (SSSR count). The van der Waals surface area contributed by atoms with Crippen LogP contribution in [0.1, 0.15) is 243 Å². The van der Waals surface area contributed by atoms with Gasteiger partial charge in [0.2, 0.25) is 0 Å². The van der Waals surface area contributed by atoms with E-state index in [0.29, 0.717) is 38.5 Å². The molecule has 2 aliphatic heterocycles. The second-order valence-electron chi connectivity index (χ2n) is 22.9. The van der Waals surface area contributed by atoms with Crippen LogP contribution in [0, 0.1) is 29.1 Å². The highest BCUT2D eigenvalue weighted by Gasteiger charge is 2.68. The maximum absolute atomic E-state index is 15.9. The lowest BCUT2D eigenvalue weighted by atomic mass is 9.47. The van der Waals surface area contributed by atoms with Crippen LogP contribution in [-0.2, 0) is 28.7 Å². The Morgan fingerprint density at radius 2 is 0.812 bits per heavy atom. The van der Waals surface area contributed by atoms with Gasteiger partial charge in [0, 0.05) is 22.2 Å². The van der Waals surface area contributed by atoms with Crippen molar-refractivity contribution in [2.24, 2.45) is 29.1 Å². The number of hydrogen-bond donors (Lipinski definition) is 2. The molecule has 2 atom stereocenters. The first-order valence-electron chi connectivity index (χ1n) is 26.3. The summed E-state index contributed by atoms with van der Waals surface area (Å²) in [6.45, 7) is 21.9. The highest BCUT2D eigenvalue weighted by Crippen LogP contribution is 2.61. The SMILES string of the molecule is CCCCCCCCCCCCCOC(=O)C(C(CC(=O)O)C(=O)O)C(C(=O)OCCCCCCCCCCCCC)(C1CC(C)(C)N(C)C(C)(C)C1)C1CC(C)(C)N(C)C(C)(C)C1. The summed E-state index contributed by atoms with van der Waals surface area (Å²) in [4.78, 5) is 62.1. The zero-order chi connectivity index (χ0) is 48.2. The molecule has 0 spiro atoms. The van der Waals surface area contributed by atoms with Gasteiger partial charge in [-0.3, -0.25) is 29.0 Å². The molecule has 2 heterocycles. The summed E-state index contributed by atoms with van der Waals surface area (Å²) in [7, 11) is 4.18. The van der Waals surface area contributed by atoms with E-state index in [0.717, 1.165) is 38.5 Å². The fourth-order valence-corrected chi connectivity index (χ4v) is 12.0. The average molecular weight is 905 g/mol. The number of unbranched alkanes of at least 4 members (excludes halogenated alkanes) is 20. The van der Waals surface area contributed by atoms with E-state index in [2.05, 4.69) is 93.1 Å². The van der Waals surface area contributed by atoms with Crippen molar-refractivity contribution in [3.8, 4) is 0 Å². The Labute approximate surface area is 392 Å². The normalized spacial score (nSPS) is 20.1. The number of carboxylic acids is 2. The van der Waals surface area contributed by atoms with E-state index < -0.39 is 81.5 Å². The third-order valence-corrected chi connectivity index (χ3v) is 16.2. The third kappa shape index (κ3) is 17.1. The van der Waals surface area contributed by atoms with Crippen molar-refractivity contribution in [2.45, 2.75) is 265 Å². The van der Waals surface area contributed by atoms with Crippen LogP contribution in [0.15, 0.2) is 0 Å². The molecule has 0 radical (unpaired) electrons. The molecule has 0 aromatic carbocycles. The molecular formula is C54H100N2O8. The van der Waals surface area contributed by atoms with Crippen molar-refractivity contribution >= 4 is 23.9 Å². The zero-order valence-electron chi connectivity index (χ0n) is 43.6. The molecule has 2 N–H and O–H groups in total. The number of piperidine rings is 2. The monoisotopic (exact) mass is 905 g/mol. The summed E-state index contributed by atoms with van der Waals surface area (Å²) in [6, 6.07) is 0. The molecule has 0 aliphatic carbocycles. The van der Waals surface area contributed by atoms with Gasteiger partial charge in [0.25, 0.3) is 0 Å². The van der Waals surface area contributed by atoms with Gasteiger partial charge < -0.3 is 19.7 Å². The van der Waals surface area contributed by atoms with E-state index >= 15 is 9.59 Å². The molecule has 2 fully saturated rings. The standard InChI is InChI=1S/C54H100N2O8/c1-13-15-17-19-21-23-25-27-29-31-33-35-63-48(61)46(44(47(59)60)37-45(57)58)54(42-38-50(3,4)55(11)51(5,6)39-42,43-40-52(7,8)56(12)53(9,10)41-43)49(62)64-36-34-32-30-28-26-24-22-20-18-16-14-2/h42-44,46H,13-41H2,1-12H3,(H,57,58)(H,59,60). The van der Waals surface area contributed by atoms with Crippen molar-refractivity contribution in [3.05, 3.63) is 0 Å². The van der Waals surface area contributed by atoms with Crippen LogP contribution < -0.4 is 0 Å².